The number of aliphatic hydroxyl groups is 1. The third kappa shape index (κ3) is 1.83. The van der Waals surface area contributed by atoms with Crippen molar-refractivity contribution < 1.29 is 10.2 Å². The number of aromatic hydroxyl groups is 1. The summed E-state index contributed by atoms with van der Waals surface area (Å²) in [5.41, 5.74) is 1.86. The van der Waals surface area contributed by atoms with Crippen LogP contribution in [0.25, 0.3) is 21.6 Å². The van der Waals surface area contributed by atoms with Gasteiger partial charge < -0.3 is 10.2 Å². The number of fused-ring (bicyclic) bond motifs is 1. The molecule has 3 aromatic rings. The lowest BCUT2D eigenvalue weighted by Gasteiger charge is -2.03. The van der Waals surface area contributed by atoms with Crippen LogP contribution in [-0.4, -0.2) is 20.2 Å². The molecule has 2 heterocycles. The van der Waals surface area contributed by atoms with Gasteiger partial charge >= 0.3 is 0 Å². The Kier molecular flexibility index (Phi) is 2.70. The molecule has 3 rings (SSSR count). The number of hydrogen-bond donors (Lipinski definition) is 2. The van der Waals surface area contributed by atoms with E-state index in [1.807, 2.05) is 24.3 Å². The summed E-state index contributed by atoms with van der Waals surface area (Å²) in [6, 6.07) is 9.26. The fourth-order valence-corrected chi connectivity index (χ4v) is 2.56. The first-order valence-electron chi connectivity index (χ1n) is 5.42. The fourth-order valence-electron chi connectivity index (χ4n) is 1.75. The second-order valence-corrected chi connectivity index (χ2v) is 4.71. The van der Waals surface area contributed by atoms with E-state index in [-0.39, 0.29) is 12.4 Å². The molecule has 1 aromatic carbocycles. The SMILES string of the molecule is OCc1csc(-c2nc3ccccc3cc2O)n1. The maximum absolute atomic E-state index is 9.99. The molecule has 0 atom stereocenters. The summed E-state index contributed by atoms with van der Waals surface area (Å²) in [6.07, 6.45) is 0. The number of benzene rings is 1. The second kappa shape index (κ2) is 4.36. The van der Waals surface area contributed by atoms with Crippen LogP contribution in [0.5, 0.6) is 5.75 Å². The predicted octanol–water partition coefficient (Wildman–Crippen LogP) is 2.56. The standard InChI is InChI=1S/C13H10N2O2S/c16-6-9-7-18-13(14-9)12-11(17)5-8-3-1-2-4-10(8)15-12/h1-5,7,16-17H,6H2. The second-order valence-electron chi connectivity index (χ2n) is 3.85. The number of rotatable bonds is 2. The summed E-state index contributed by atoms with van der Waals surface area (Å²) < 4.78 is 0. The molecule has 0 spiro atoms. The zero-order chi connectivity index (χ0) is 12.5. The van der Waals surface area contributed by atoms with E-state index in [1.165, 1.54) is 11.3 Å². The van der Waals surface area contributed by atoms with Gasteiger partial charge in [-0.05, 0) is 12.1 Å². The molecule has 18 heavy (non-hydrogen) atoms. The summed E-state index contributed by atoms with van der Waals surface area (Å²) >= 11 is 1.36. The van der Waals surface area contributed by atoms with Crippen molar-refractivity contribution in [2.45, 2.75) is 6.61 Å². The Bertz CT molecular complexity index is 709. The summed E-state index contributed by atoms with van der Waals surface area (Å²) in [5, 5.41) is 22.2. The Balaban J connectivity index is 2.19. The van der Waals surface area contributed by atoms with Crippen LogP contribution in [0.15, 0.2) is 35.7 Å². The predicted molar refractivity (Wildman–Crippen MR) is 70.4 cm³/mol. The van der Waals surface area contributed by atoms with Gasteiger partial charge in [-0.25, -0.2) is 9.97 Å². The van der Waals surface area contributed by atoms with Crippen molar-refractivity contribution in [3.8, 4) is 16.5 Å². The van der Waals surface area contributed by atoms with Crippen molar-refractivity contribution >= 4 is 22.2 Å². The van der Waals surface area contributed by atoms with Crippen LogP contribution >= 0.6 is 11.3 Å². The van der Waals surface area contributed by atoms with Gasteiger partial charge in [-0.1, -0.05) is 18.2 Å². The molecule has 90 valence electrons. The average molecular weight is 258 g/mol. The van der Waals surface area contributed by atoms with E-state index < -0.39 is 0 Å². The number of nitrogens with zero attached hydrogens (tertiary/aromatic N) is 2. The molecule has 5 heteroatoms. The van der Waals surface area contributed by atoms with Crippen LogP contribution in [0.2, 0.25) is 0 Å². The zero-order valence-electron chi connectivity index (χ0n) is 9.37. The molecule has 0 amide bonds. The number of pyridine rings is 1. The lowest BCUT2D eigenvalue weighted by atomic mass is 10.2. The van der Waals surface area contributed by atoms with Gasteiger partial charge in [0, 0.05) is 10.8 Å². The van der Waals surface area contributed by atoms with Crippen molar-refractivity contribution in [2.75, 3.05) is 0 Å². The summed E-state index contributed by atoms with van der Waals surface area (Å²) in [5.74, 6) is 0.104. The van der Waals surface area contributed by atoms with Gasteiger partial charge in [0.2, 0.25) is 0 Å². The van der Waals surface area contributed by atoms with E-state index in [9.17, 15) is 5.11 Å². The smallest absolute Gasteiger partial charge is 0.146 e. The number of hydrogen-bond acceptors (Lipinski definition) is 5. The quantitative estimate of drug-likeness (QED) is 0.741. The molecule has 0 saturated heterocycles. The highest BCUT2D eigenvalue weighted by atomic mass is 32.1. The van der Waals surface area contributed by atoms with Gasteiger partial charge in [0.25, 0.3) is 0 Å². The molecule has 4 nitrogen and oxygen atoms in total. The van der Waals surface area contributed by atoms with E-state index in [0.717, 1.165) is 10.9 Å². The normalized spacial score (nSPS) is 10.9. The molecular formula is C13H10N2O2S. The highest BCUT2D eigenvalue weighted by molar-refractivity contribution is 7.13. The molecule has 0 unspecified atom stereocenters. The van der Waals surface area contributed by atoms with Crippen molar-refractivity contribution in [1.29, 1.82) is 0 Å². The number of para-hydroxylation sites is 1. The van der Waals surface area contributed by atoms with Gasteiger partial charge in [-0.3, -0.25) is 0 Å². The van der Waals surface area contributed by atoms with Gasteiger partial charge in [0.15, 0.2) is 0 Å². The highest BCUT2D eigenvalue weighted by Crippen LogP contribution is 2.32. The van der Waals surface area contributed by atoms with Crippen LogP contribution in [-0.2, 0) is 6.61 Å². The van der Waals surface area contributed by atoms with Gasteiger partial charge in [-0.2, -0.15) is 0 Å². The maximum atomic E-state index is 9.99. The molecule has 0 fully saturated rings. The monoisotopic (exact) mass is 258 g/mol. The van der Waals surface area contributed by atoms with Crippen LogP contribution < -0.4 is 0 Å². The minimum atomic E-state index is -0.106. The molecule has 0 aliphatic rings. The lowest BCUT2D eigenvalue weighted by Crippen LogP contribution is -1.87. The topological polar surface area (TPSA) is 66.2 Å². The van der Waals surface area contributed by atoms with Gasteiger partial charge in [0.1, 0.15) is 16.5 Å². The van der Waals surface area contributed by atoms with Crippen LogP contribution in [0.1, 0.15) is 5.69 Å². The summed E-state index contributed by atoms with van der Waals surface area (Å²) in [7, 11) is 0. The van der Waals surface area contributed by atoms with E-state index in [0.29, 0.717) is 16.4 Å². The molecule has 0 aliphatic carbocycles. The van der Waals surface area contributed by atoms with Crippen LogP contribution in [0.4, 0.5) is 0 Å². The molecule has 2 N–H and O–H groups in total. The molecule has 0 saturated carbocycles. The van der Waals surface area contributed by atoms with Crippen molar-refractivity contribution in [1.82, 2.24) is 9.97 Å². The first kappa shape index (κ1) is 11.1. The Morgan fingerprint density at radius 2 is 2.00 bits per heavy atom. The Labute approximate surface area is 107 Å². The first-order valence-corrected chi connectivity index (χ1v) is 6.30. The van der Waals surface area contributed by atoms with Crippen molar-refractivity contribution in [3.05, 3.63) is 41.4 Å². The van der Waals surface area contributed by atoms with Crippen molar-refractivity contribution in [2.24, 2.45) is 0 Å². The average Bonchev–Trinajstić information content (AvgIpc) is 2.86. The summed E-state index contributed by atoms with van der Waals surface area (Å²) in [6.45, 7) is -0.106. The lowest BCUT2D eigenvalue weighted by molar-refractivity contribution is 0.278. The molecule has 0 aliphatic heterocycles. The van der Waals surface area contributed by atoms with Gasteiger partial charge in [0.05, 0.1) is 17.8 Å². The Morgan fingerprint density at radius 1 is 1.17 bits per heavy atom. The van der Waals surface area contributed by atoms with Gasteiger partial charge in [-0.15, -0.1) is 11.3 Å². The minimum absolute atomic E-state index is 0.104. The number of aliphatic hydroxyl groups excluding tert-OH is 1. The Morgan fingerprint density at radius 3 is 2.78 bits per heavy atom. The largest absolute Gasteiger partial charge is 0.506 e. The van der Waals surface area contributed by atoms with Crippen LogP contribution in [0, 0.1) is 0 Å². The van der Waals surface area contributed by atoms with E-state index in [4.69, 9.17) is 5.11 Å². The van der Waals surface area contributed by atoms with E-state index >= 15 is 0 Å². The maximum Gasteiger partial charge on any atom is 0.146 e. The molecular weight excluding hydrogens is 248 g/mol. The minimum Gasteiger partial charge on any atom is -0.506 e. The Hall–Kier alpha value is -1.98. The first-order chi connectivity index (χ1) is 8.78. The van der Waals surface area contributed by atoms with Crippen molar-refractivity contribution in [3.63, 3.8) is 0 Å². The van der Waals surface area contributed by atoms with Crippen LogP contribution in [0.3, 0.4) is 0 Å². The zero-order valence-corrected chi connectivity index (χ0v) is 10.2. The number of thiazole rings is 1. The molecule has 0 bridgehead atoms. The number of aromatic nitrogens is 2. The fraction of sp³-hybridized carbons (Fsp3) is 0.0769. The van der Waals surface area contributed by atoms with E-state index in [1.54, 1.807) is 11.4 Å². The highest BCUT2D eigenvalue weighted by Gasteiger charge is 2.12. The van der Waals surface area contributed by atoms with E-state index in [2.05, 4.69) is 9.97 Å². The molecule has 2 aromatic heterocycles. The third-order valence-electron chi connectivity index (χ3n) is 2.62. The third-order valence-corrected chi connectivity index (χ3v) is 3.52. The molecule has 0 radical (unpaired) electrons. The summed E-state index contributed by atoms with van der Waals surface area (Å²) in [4.78, 5) is 8.62.